The van der Waals surface area contributed by atoms with Crippen molar-refractivity contribution in [3.8, 4) is 0 Å². The molecule has 0 unspecified atom stereocenters. The van der Waals surface area contributed by atoms with E-state index in [1.165, 1.54) is 0 Å². The first-order valence-electron chi connectivity index (χ1n) is 10.8. The number of nitrogens with one attached hydrogen (secondary N) is 2. The third-order valence-corrected chi connectivity index (χ3v) is 6.06. The van der Waals surface area contributed by atoms with Crippen molar-refractivity contribution in [2.75, 3.05) is 48.8 Å². The first-order chi connectivity index (χ1) is 15.6. The predicted octanol–water partition coefficient (Wildman–Crippen LogP) is 4.85. The summed E-state index contributed by atoms with van der Waals surface area (Å²) in [6.45, 7) is 7.96. The Morgan fingerprint density at radius 3 is 2.56 bits per heavy atom. The molecule has 0 spiro atoms. The second-order valence-electron chi connectivity index (χ2n) is 7.74. The number of allylic oxidation sites excluding steroid dienone is 1. The molecule has 0 bridgehead atoms. The van der Waals surface area contributed by atoms with E-state index in [9.17, 15) is 0 Å². The zero-order valence-corrected chi connectivity index (χ0v) is 19.6. The molecule has 3 aromatic rings. The van der Waals surface area contributed by atoms with Gasteiger partial charge in [0.2, 0.25) is 0 Å². The minimum Gasteiger partial charge on any atom is -0.362 e. The summed E-state index contributed by atoms with van der Waals surface area (Å²) in [5.74, 6) is 2.51. The highest BCUT2D eigenvalue weighted by molar-refractivity contribution is 7.16. The lowest BCUT2D eigenvalue weighted by Gasteiger charge is -2.33. The van der Waals surface area contributed by atoms with Crippen LogP contribution in [0.1, 0.15) is 23.2 Å². The Morgan fingerprint density at radius 2 is 1.81 bits per heavy atom. The van der Waals surface area contributed by atoms with Gasteiger partial charge in [0.1, 0.15) is 17.5 Å². The van der Waals surface area contributed by atoms with Crippen molar-refractivity contribution < 1.29 is 0 Å². The van der Waals surface area contributed by atoms with Crippen LogP contribution in [0.15, 0.2) is 48.8 Å². The van der Waals surface area contributed by atoms with Gasteiger partial charge in [-0.25, -0.2) is 15.0 Å². The maximum Gasteiger partial charge on any atom is 0.188 e. The van der Waals surface area contributed by atoms with E-state index in [1.54, 1.807) is 11.3 Å². The summed E-state index contributed by atoms with van der Waals surface area (Å²) in [5.41, 5.74) is 2.21. The number of hydrogen-bond acceptors (Lipinski definition) is 8. The number of likely N-dealkylation sites (N-methyl/N-ethyl adjacent to an activating group) is 1. The molecule has 2 aromatic heterocycles. The van der Waals surface area contributed by atoms with Gasteiger partial charge in [0.05, 0.1) is 0 Å². The second kappa shape index (κ2) is 10.4. The van der Waals surface area contributed by atoms with Crippen LogP contribution < -0.4 is 15.5 Å². The highest BCUT2D eigenvalue weighted by atomic mass is 32.1. The summed E-state index contributed by atoms with van der Waals surface area (Å²) in [7, 11) is 2.15. The number of nitrogens with zero attached hydrogens (tertiary/aromatic N) is 5. The highest BCUT2D eigenvalue weighted by Crippen LogP contribution is 2.25. The molecule has 1 aliphatic rings. The molecule has 8 heteroatoms. The molecular weight excluding hydrogens is 418 g/mol. The van der Waals surface area contributed by atoms with E-state index in [0.717, 1.165) is 64.9 Å². The number of aryl methyl sites for hydroxylation is 1. The average Bonchev–Trinajstić information content (AvgIpc) is 3.24. The molecule has 1 aliphatic heterocycles. The summed E-state index contributed by atoms with van der Waals surface area (Å²) >= 11 is 1.60. The van der Waals surface area contributed by atoms with Gasteiger partial charge in [-0.15, -0.1) is 0 Å². The van der Waals surface area contributed by atoms with E-state index >= 15 is 0 Å². The summed E-state index contributed by atoms with van der Waals surface area (Å²) in [4.78, 5) is 19.4. The zero-order chi connectivity index (χ0) is 22.3. The topological polar surface area (TPSA) is 69.2 Å². The van der Waals surface area contributed by atoms with Gasteiger partial charge in [-0.1, -0.05) is 35.6 Å². The van der Waals surface area contributed by atoms with Gasteiger partial charge in [0.15, 0.2) is 5.13 Å². The molecule has 0 amide bonds. The van der Waals surface area contributed by atoms with Crippen LogP contribution in [0.2, 0.25) is 0 Å². The molecule has 0 saturated carbocycles. The molecule has 2 N–H and O–H groups in total. The summed E-state index contributed by atoms with van der Waals surface area (Å²) in [6, 6.07) is 10.3. The molecule has 0 atom stereocenters. The number of thiazole rings is 1. The minimum atomic E-state index is 0.757. The van der Waals surface area contributed by atoms with Gasteiger partial charge in [-0.05, 0) is 50.9 Å². The van der Waals surface area contributed by atoms with Crippen molar-refractivity contribution in [1.29, 1.82) is 0 Å². The zero-order valence-electron chi connectivity index (χ0n) is 18.7. The SMILES string of the molecule is C/C=C\Nc1ccc(/C=C/c2cnc(Nc3cc(N4CCN(C)CC4)nc(C)n3)s2)cc1. The number of piperazine rings is 1. The lowest BCUT2D eigenvalue weighted by Crippen LogP contribution is -2.44. The van der Waals surface area contributed by atoms with Crippen LogP contribution in [-0.2, 0) is 0 Å². The monoisotopic (exact) mass is 447 g/mol. The quantitative estimate of drug-likeness (QED) is 0.536. The Balaban J connectivity index is 1.40. The molecule has 166 valence electrons. The Kier molecular flexibility index (Phi) is 7.14. The lowest BCUT2D eigenvalue weighted by atomic mass is 10.2. The van der Waals surface area contributed by atoms with Gasteiger partial charge < -0.3 is 20.4 Å². The first-order valence-corrected chi connectivity index (χ1v) is 11.6. The largest absolute Gasteiger partial charge is 0.362 e. The van der Waals surface area contributed by atoms with Crippen LogP contribution in [0, 0.1) is 6.92 Å². The maximum atomic E-state index is 4.63. The van der Waals surface area contributed by atoms with Crippen LogP contribution in [-0.4, -0.2) is 53.1 Å². The van der Waals surface area contributed by atoms with Gasteiger partial charge in [-0.3, -0.25) is 0 Å². The standard InChI is InChI=1S/C24H29N7S/c1-4-11-25-20-8-5-19(6-9-20)7-10-21-17-26-24(32-21)29-22-16-23(28-18(2)27-22)31-14-12-30(3)13-15-31/h4-11,16-17,25H,12-15H2,1-3H3,(H,26,27,28,29)/b10-7+,11-4-. The summed E-state index contributed by atoms with van der Waals surface area (Å²) in [5, 5.41) is 7.38. The van der Waals surface area contributed by atoms with Crippen LogP contribution in [0.5, 0.6) is 0 Å². The molecule has 1 saturated heterocycles. The smallest absolute Gasteiger partial charge is 0.188 e. The normalized spacial score (nSPS) is 15.0. The van der Waals surface area contributed by atoms with Crippen LogP contribution in [0.4, 0.5) is 22.5 Å². The number of benzene rings is 1. The maximum absolute atomic E-state index is 4.63. The minimum absolute atomic E-state index is 0.757. The Labute approximate surface area is 193 Å². The number of rotatable bonds is 7. The van der Waals surface area contributed by atoms with E-state index in [4.69, 9.17) is 0 Å². The Morgan fingerprint density at radius 1 is 1.03 bits per heavy atom. The number of anilines is 4. The molecule has 0 radical (unpaired) electrons. The van der Waals surface area contributed by atoms with E-state index in [1.807, 2.05) is 38.4 Å². The number of aromatic nitrogens is 3. The lowest BCUT2D eigenvalue weighted by molar-refractivity contribution is 0.312. The second-order valence-corrected chi connectivity index (χ2v) is 8.80. The van der Waals surface area contributed by atoms with Gasteiger partial charge in [0, 0.05) is 49.0 Å². The van der Waals surface area contributed by atoms with E-state index < -0.39 is 0 Å². The fourth-order valence-corrected chi connectivity index (χ4v) is 4.12. The fraction of sp³-hybridized carbons (Fsp3) is 0.292. The molecule has 1 aromatic carbocycles. The predicted molar refractivity (Wildman–Crippen MR) is 136 cm³/mol. The van der Waals surface area contributed by atoms with Crippen LogP contribution >= 0.6 is 11.3 Å². The van der Waals surface area contributed by atoms with Crippen LogP contribution in [0.25, 0.3) is 12.2 Å². The molecular formula is C24H29N7S. The van der Waals surface area contributed by atoms with Gasteiger partial charge in [-0.2, -0.15) is 0 Å². The van der Waals surface area contributed by atoms with Crippen molar-refractivity contribution in [2.24, 2.45) is 0 Å². The molecule has 32 heavy (non-hydrogen) atoms. The van der Waals surface area contributed by atoms with Crippen molar-refractivity contribution in [1.82, 2.24) is 19.9 Å². The third kappa shape index (κ3) is 5.93. The Bertz CT molecular complexity index is 1080. The summed E-state index contributed by atoms with van der Waals surface area (Å²) < 4.78 is 0. The van der Waals surface area contributed by atoms with Gasteiger partial charge in [0.25, 0.3) is 0 Å². The van der Waals surface area contributed by atoms with Crippen molar-refractivity contribution in [3.63, 3.8) is 0 Å². The van der Waals surface area contributed by atoms with E-state index in [-0.39, 0.29) is 0 Å². The van der Waals surface area contributed by atoms with E-state index in [2.05, 4.69) is 78.9 Å². The van der Waals surface area contributed by atoms with Crippen molar-refractivity contribution >= 4 is 45.9 Å². The fourth-order valence-electron chi connectivity index (χ4n) is 3.39. The van der Waals surface area contributed by atoms with Gasteiger partial charge >= 0.3 is 0 Å². The molecule has 4 rings (SSSR count). The molecule has 0 aliphatic carbocycles. The molecule has 7 nitrogen and oxygen atoms in total. The average molecular weight is 448 g/mol. The van der Waals surface area contributed by atoms with Crippen LogP contribution in [0.3, 0.4) is 0 Å². The highest BCUT2D eigenvalue weighted by Gasteiger charge is 2.16. The molecule has 1 fully saturated rings. The third-order valence-electron chi connectivity index (χ3n) is 5.18. The van der Waals surface area contributed by atoms with Crippen molar-refractivity contribution in [3.05, 3.63) is 65.1 Å². The number of hydrogen-bond donors (Lipinski definition) is 2. The first kappa shape index (κ1) is 22.0. The van der Waals surface area contributed by atoms with E-state index in [0.29, 0.717) is 0 Å². The summed E-state index contributed by atoms with van der Waals surface area (Å²) in [6.07, 6.45) is 9.94. The van der Waals surface area contributed by atoms with Crippen molar-refractivity contribution in [2.45, 2.75) is 13.8 Å². The Hall–Kier alpha value is -3.23. The molecule has 3 heterocycles.